The highest BCUT2D eigenvalue weighted by atomic mass is 16.2. The van der Waals surface area contributed by atoms with E-state index in [-0.39, 0.29) is 5.91 Å². The molecule has 0 bridgehead atoms. The molecule has 0 aliphatic carbocycles. The molecule has 1 aromatic heterocycles. The van der Waals surface area contributed by atoms with Crippen molar-refractivity contribution < 1.29 is 4.79 Å². The minimum absolute atomic E-state index is 0.0839. The van der Waals surface area contributed by atoms with Gasteiger partial charge in [-0.1, -0.05) is 13.8 Å². The Morgan fingerprint density at radius 1 is 1.42 bits per heavy atom. The zero-order valence-corrected chi connectivity index (χ0v) is 11.6. The third-order valence-electron chi connectivity index (χ3n) is 4.15. The summed E-state index contributed by atoms with van der Waals surface area (Å²) in [6, 6.07) is 1.91. The smallest absolute Gasteiger partial charge is 0.274 e. The van der Waals surface area contributed by atoms with Crippen LogP contribution in [-0.4, -0.2) is 47.2 Å². The number of amides is 1. The van der Waals surface area contributed by atoms with Crippen molar-refractivity contribution in [1.82, 2.24) is 20.4 Å². The maximum atomic E-state index is 12.4. The van der Waals surface area contributed by atoms with E-state index < -0.39 is 0 Å². The summed E-state index contributed by atoms with van der Waals surface area (Å²) in [5.74, 6) is 1.93. The predicted octanol–water partition coefficient (Wildman–Crippen LogP) is 0.900. The lowest BCUT2D eigenvalue weighted by Crippen LogP contribution is -2.32. The van der Waals surface area contributed by atoms with E-state index >= 15 is 0 Å². The first-order valence-electron chi connectivity index (χ1n) is 7.17. The molecule has 1 amide bonds. The molecule has 0 radical (unpaired) electrons. The number of nitrogens with one attached hydrogen (secondary N) is 2. The minimum atomic E-state index is 0.0839. The Morgan fingerprint density at radius 2 is 2.11 bits per heavy atom. The van der Waals surface area contributed by atoms with Gasteiger partial charge in [-0.05, 0) is 30.2 Å². The van der Waals surface area contributed by atoms with E-state index in [0.29, 0.717) is 23.4 Å². The second kappa shape index (κ2) is 4.96. The maximum Gasteiger partial charge on any atom is 0.274 e. The van der Waals surface area contributed by atoms with Crippen molar-refractivity contribution in [3.63, 3.8) is 0 Å². The minimum Gasteiger partial charge on any atom is -0.337 e. The first-order chi connectivity index (χ1) is 9.13. The monoisotopic (exact) mass is 262 g/mol. The van der Waals surface area contributed by atoms with Gasteiger partial charge in [0.05, 0.1) is 0 Å². The molecule has 2 aliphatic heterocycles. The number of hydrogen-bond donors (Lipinski definition) is 2. The van der Waals surface area contributed by atoms with Gasteiger partial charge in [-0.25, -0.2) is 0 Å². The van der Waals surface area contributed by atoms with E-state index in [0.717, 1.165) is 38.3 Å². The van der Waals surface area contributed by atoms with E-state index in [4.69, 9.17) is 0 Å². The molecule has 2 aliphatic rings. The zero-order chi connectivity index (χ0) is 13.4. The fourth-order valence-corrected chi connectivity index (χ4v) is 3.20. The molecule has 0 unspecified atom stereocenters. The van der Waals surface area contributed by atoms with E-state index in [2.05, 4.69) is 29.4 Å². The molecule has 2 atom stereocenters. The fourth-order valence-electron chi connectivity index (χ4n) is 3.20. The molecule has 19 heavy (non-hydrogen) atoms. The highest BCUT2D eigenvalue weighted by Crippen LogP contribution is 2.27. The van der Waals surface area contributed by atoms with Crippen LogP contribution in [0.1, 0.15) is 30.0 Å². The van der Waals surface area contributed by atoms with Gasteiger partial charge >= 0.3 is 0 Å². The van der Waals surface area contributed by atoms with Gasteiger partial charge in [0, 0.05) is 31.9 Å². The number of fused-ring (bicyclic) bond motifs is 1. The quantitative estimate of drug-likeness (QED) is 0.851. The van der Waals surface area contributed by atoms with Crippen LogP contribution in [0.15, 0.2) is 6.07 Å². The van der Waals surface area contributed by atoms with E-state index in [9.17, 15) is 4.79 Å². The predicted molar refractivity (Wildman–Crippen MR) is 72.9 cm³/mol. The molecule has 0 aromatic carbocycles. The Morgan fingerprint density at radius 3 is 2.74 bits per heavy atom. The third kappa shape index (κ3) is 2.52. The summed E-state index contributed by atoms with van der Waals surface area (Å²) in [7, 11) is 0. The van der Waals surface area contributed by atoms with Gasteiger partial charge in [0.25, 0.3) is 5.91 Å². The highest BCUT2D eigenvalue weighted by Gasteiger charge is 2.38. The molecule has 5 heteroatoms. The van der Waals surface area contributed by atoms with E-state index in [1.165, 1.54) is 0 Å². The van der Waals surface area contributed by atoms with Crippen LogP contribution in [0.5, 0.6) is 0 Å². The average Bonchev–Trinajstić information content (AvgIpc) is 2.99. The number of likely N-dealkylation sites (tertiary alicyclic amines) is 1. The molecule has 0 saturated carbocycles. The van der Waals surface area contributed by atoms with Crippen molar-refractivity contribution in [1.29, 1.82) is 0 Å². The molecule has 3 heterocycles. The van der Waals surface area contributed by atoms with Crippen LogP contribution in [0, 0.1) is 17.8 Å². The van der Waals surface area contributed by atoms with Crippen LogP contribution in [0.25, 0.3) is 0 Å². The Labute approximate surface area is 113 Å². The van der Waals surface area contributed by atoms with Gasteiger partial charge in [-0.2, -0.15) is 5.10 Å². The summed E-state index contributed by atoms with van der Waals surface area (Å²) < 4.78 is 0. The molecule has 2 saturated heterocycles. The van der Waals surface area contributed by atoms with Crippen molar-refractivity contribution in [2.24, 2.45) is 17.8 Å². The average molecular weight is 262 g/mol. The molecule has 3 rings (SSSR count). The zero-order valence-electron chi connectivity index (χ0n) is 11.6. The molecule has 2 fully saturated rings. The van der Waals surface area contributed by atoms with Gasteiger partial charge in [-0.3, -0.25) is 9.89 Å². The molecular formula is C14H22N4O. The molecule has 5 nitrogen and oxygen atoms in total. The summed E-state index contributed by atoms with van der Waals surface area (Å²) in [5, 5.41) is 10.5. The standard InChI is InChI=1S/C14H22N4O/c1-9(2)3-12-4-13(17-16-12)14(19)18-7-10-5-15-6-11(10)8-18/h4,9-11,15H,3,5-8H2,1-2H3,(H,16,17)/t10-,11+. The summed E-state index contributed by atoms with van der Waals surface area (Å²) in [5.41, 5.74) is 1.63. The van der Waals surface area contributed by atoms with Crippen LogP contribution in [0.2, 0.25) is 0 Å². The lowest BCUT2D eigenvalue weighted by atomic mass is 10.0. The summed E-state index contributed by atoms with van der Waals surface area (Å²) in [4.78, 5) is 14.4. The first-order valence-corrected chi connectivity index (χ1v) is 7.17. The van der Waals surface area contributed by atoms with Gasteiger partial charge < -0.3 is 10.2 Å². The van der Waals surface area contributed by atoms with Crippen molar-refractivity contribution in [2.75, 3.05) is 26.2 Å². The normalized spacial score (nSPS) is 26.2. The molecule has 104 valence electrons. The second-order valence-corrected chi connectivity index (χ2v) is 6.26. The van der Waals surface area contributed by atoms with Gasteiger partial charge in [0.1, 0.15) is 5.69 Å². The topological polar surface area (TPSA) is 61.0 Å². The number of rotatable bonds is 3. The lowest BCUT2D eigenvalue weighted by molar-refractivity contribution is 0.0776. The number of H-pyrrole nitrogens is 1. The Hall–Kier alpha value is -1.36. The van der Waals surface area contributed by atoms with Crippen LogP contribution in [-0.2, 0) is 6.42 Å². The van der Waals surface area contributed by atoms with Gasteiger partial charge in [0.2, 0.25) is 0 Å². The largest absolute Gasteiger partial charge is 0.337 e. The molecule has 0 spiro atoms. The number of aromatic amines is 1. The van der Waals surface area contributed by atoms with Crippen LogP contribution < -0.4 is 5.32 Å². The van der Waals surface area contributed by atoms with Gasteiger partial charge in [-0.15, -0.1) is 0 Å². The maximum absolute atomic E-state index is 12.4. The summed E-state index contributed by atoms with van der Waals surface area (Å²) in [6.07, 6.45) is 0.940. The number of aromatic nitrogens is 2. The van der Waals surface area contributed by atoms with Crippen LogP contribution >= 0.6 is 0 Å². The van der Waals surface area contributed by atoms with Crippen molar-refractivity contribution in [2.45, 2.75) is 20.3 Å². The number of carbonyl (C=O) groups excluding carboxylic acids is 1. The van der Waals surface area contributed by atoms with Crippen molar-refractivity contribution in [3.05, 3.63) is 17.5 Å². The van der Waals surface area contributed by atoms with E-state index in [1.807, 2.05) is 11.0 Å². The van der Waals surface area contributed by atoms with E-state index in [1.54, 1.807) is 0 Å². The van der Waals surface area contributed by atoms with Crippen LogP contribution in [0.4, 0.5) is 0 Å². The second-order valence-electron chi connectivity index (χ2n) is 6.26. The Bertz CT molecular complexity index is 456. The van der Waals surface area contributed by atoms with Gasteiger partial charge in [0.15, 0.2) is 0 Å². The van der Waals surface area contributed by atoms with Crippen LogP contribution in [0.3, 0.4) is 0 Å². The molecule has 1 aromatic rings. The molecule has 2 N–H and O–H groups in total. The summed E-state index contributed by atoms with van der Waals surface area (Å²) in [6.45, 7) is 8.18. The third-order valence-corrected chi connectivity index (χ3v) is 4.15. The first kappa shape index (κ1) is 12.7. The fraction of sp³-hybridized carbons (Fsp3) is 0.714. The SMILES string of the molecule is CC(C)Cc1cc(C(=O)N2C[C@H]3CNC[C@H]3C2)n[nH]1. The Balaban J connectivity index is 1.65. The summed E-state index contributed by atoms with van der Waals surface area (Å²) >= 11 is 0. The molecular weight excluding hydrogens is 240 g/mol. The Kier molecular flexibility index (Phi) is 3.31. The number of carbonyl (C=O) groups is 1. The highest BCUT2D eigenvalue weighted by molar-refractivity contribution is 5.92. The van der Waals surface area contributed by atoms with Crippen molar-refractivity contribution in [3.8, 4) is 0 Å². The lowest BCUT2D eigenvalue weighted by Gasteiger charge is -2.15. The number of nitrogens with zero attached hydrogens (tertiary/aromatic N) is 2. The van der Waals surface area contributed by atoms with Crippen molar-refractivity contribution >= 4 is 5.91 Å². The number of hydrogen-bond acceptors (Lipinski definition) is 3.